The van der Waals surface area contributed by atoms with E-state index in [-0.39, 0.29) is 11.5 Å². The number of anilines is 1. The van der Waals surface area contributed by atoms with E-state index in [9.17, 15) is 9.59 Å². The number of aromatic carboxylic acids is 1. The molecule has 1 aliphatic rings. The number of hydrogen-bond donors (Lipinski definition) is 2. The number of carboxylic acid groups (broad SMARTS) is 1. The Balaban J connectivity index is 1.70. The van der Waals surface area contributed by atoms with Crippen molar-refractivity contribution in [3.05, 3.63) is 77.5 Å². The second-order valence-electron chi connectivity index (χ2n) is 6.47. The molecule has 28 heavy (non-hydrogen) atoms. The second-order valence-corrected chi connectivity index (χ2v) is 6.47. The van der Waals surface area contributed by atoms with E-state index in [0.717, 1.165) is 18.2 Å². The van der Waals surface area contributed by atoms with E-state index in [1.54, 1.807) is 18.2 Å². The lowest BCUT2D eigenvalue weighted by molar-refractivity contribution is 0.0696. The molecule has 0 spiro atoms. The van der Waals surface area contributed by atoms with Gasteiger partial charge in [0, 0.05) is 11.1 Å². The third-order valence-corrected chi connectivity index (χ3v) is 4.54. The first-order valence-corrected chi connectivity index (χ1v) is 8.99. The monoisotopic (exact) mass is 374 g/mol. The number of nitrogens with one attached hydrogen (secondary N) is 1. The van der Waals surface area contributed by atoms with Crippen molar-refractivity contribution in [2.24, 2.45) is 0 Å². The van der Waals surface area contributed by atoms with Crippen LogP contribution in [0.3, 0.4) is 0 Å². The minimum Gasteiger partial charge on any atom is -0.492 e. The summed E-state index contributed by atoms with van der Waals surface area (Å²) in [4.78, 5) is 28.6. The van der Waals surface area contributed by atoms with Crippen LogP contribution in [0, 0.1) is 0 Å². The van der Waals surface area contributed by atoms with Crippen LogP contribution in [-0.4, -0.2) is 28.6 Å². The van der Waals surface area contributed by atoms with Gasteiger partial charge in [0.15, 0.2) is 0 Å². The lowest BCUT2D eigenvalue weighted by Gasteiger charge is -2.16. The smallest absolute Gasteiger partial charge is 0.335 e. The van der Waals surface area contributed by atoms with Crippen molar-refractivity contribution in [1.29, 1.82) is 0 Å². The van der Waals surface area contributed by atoms with Gasteiger partial charge in [-0.1, -0.05) is 18.2 Å². The molecular formula is C22H18N2O4. The number of pyridine rings is 1. The molecule has 2 heterocycles. The van der Waals surface area contributed by atoms with Crippen LogP contribution in [0.1, 0.15) is 39.3 Å². The van der Waals surface area contributed by atoms with Crippen molar-refractivity contribution in [3.8, 4) is 0 Å². The number of nitrogens with zero attached hydrogens (tertiary/aromatic N) is 1. The molecule has 4 rings (SSSR count). The fourth-order valence-electron chi connectivity index (χ4n) is 3.12. The van der Waals surface area contributed by atoms with Gasteiger partial charge in [0.25, 0.3) is 5.91 Å². The summed E-state index contributed by atoms with van der Waals surface area (Å²) in [5.74, 6) is -0.611. The molecule has 0 aliphatic carbocycles. The van der Waals surface area contributed by atoms with Crippen LogP contribution in [0.5, 0.6) is 0 Å². The molecule has 0 radical (unpaired) electrons. The van der Waals surface area contributed by atoms with E-state index < -0.39 is 5.97 Å². The lowest BCUT2D eigenvalue weighted by atomic mass is 10.0. The van der Waals surface area contributed by atoms with Gasteiger partial charge >= 0.3 is 5.97 Å². The highest BCUT2D eigenvalue weighted by molar-refractivity contribution is 6.12. The first-order valence-electron chi connectivity index (χ1n) is 8.99. The molecule has 2 N–H and O–H groups in total. The van der Waals surface area contributed by atoms with Gasteiger partial charge in [-0.05, 0) is 55.3 Å². The predicted octanol–water partition coefficient (Wildman–Crippen LogP) is 4.34. The summed E-state index contributed by atoms with van der Waals surface area (Å²) in [6.07, 6.45) is 3.88. The van der Waals surface area contributed by atoms with Crippen LogP contribution in [0.25, 0.3) is 16.7 Å². The standard InChI is InChI=1S/C22H18N2O4/c25-21(23-15-10-8-14(9-11-15)22(26)27)17-13-19(20-7-3-4-12-28-20)24-18-6-2-1-5-16(17)18/h1-2,5-11,13H,3-4,12H2,(H,23,25)(H,26,27). The molecule has 2 aromatic carbocycles. The number of carbonyl (C=O) groups is 2. The summed E-state index contributed by atoms with van der Waals surface area (Å²) < 4.78 is 5.71. The Bertz CT molecular complexity index is 1090. The quantitative estimate of drug-likeness (QED) is 0.709. The number of benzene rings is 2. The number of carboxylic acids is 1. The molecule has 0 bridgehead atoms. The van der Waals surface area contributed by atoms with E-state index in [4.69, 9.17) is 9.84 Å². The Morgan fingerprint density at radius 1 is 1.07 bits per heavy atom. The summed E-state index contributed by atoms with van der Waals surface area (Å²) in [7, 11) is 0. The summed E-state index contributed by atoms with van der Waals surface area (Å²) in [6.45, 7) is 0.637. The van der Waals surface area contributed by atoms with Crippen LogP contribution in [0.4, 0.5) is 5.69 Å². The first-order chi connectivity index (χ1) is 13.6. The van der Waals surface area contributed by atoms with E-state index in [1.165, 1.54) is 12.1 Å². The molecule has 0 fully saturated rings. The molecule has 6 nitrogen and oxygen atoms in total. The Hall–Kier alpha value is -3.67. The number of carbonyl (C=O) groups excluding carboxylic acids is 1. The fourth-order valence-corrected chi connectivity index (χ4v) is 3.12. The highest BCUT2D eigenvalue weighted by atomic mass is 16.5. The van der Waals surface area contributed by atoms with Crippen LogP contribution >= 0.6 is 0 Å². The van der Waals surface area contributed by atoms with Crippen molar-refractivity contribution in [3.63, 3.8) is 0 Å². The Labute approximate surface area is 161 Å². The highest BCUT2D eigenvalue weighted by Gasteiger charge is 2.17. The molecular weight excluding hydrogens is 356 g/mol. The number of hydrogen-bond acceptors (Lipinski definition) is 4. The lowest BCUT2D eigenvalue weighted by Crippen LogP contribution is -2.14. The van der Waals surface area contributed by atoms with Crippen LogP contribution in [-0.2, 0) is 4.74 Å². The van der Waals surface area contributed by atoms with E-state index in [1.807, 2.05) is 30.3 Å². The van der Waals surface area contributed by atoms with Crippen molar-refractivity contribution < 1.29 is 19.4 Å². The predicted molar refractivity (Wildman–Crippen MR) is 106 cm³/mol. The number of amides is 1. The van der Waals surface area contributed by atoms with Gasteiger partial charge in [0.2, 0.25) is 0 Å². The SMILES string of the molecule is O=C(O)c1ccc(NC(=O)c2cc(C3=CCCCO3)nc3ccccc23)cc1. The molecule has 1 aromatic heterocycles. The molecule has 140 valence electrons. The van der Waals surface area contributed by atoms with Gasteiger partial charge in [0.1, 0.15) is 11.5 Å². The molecule has 0 saturated carbocycles. The number of para-hydroxylation sites is 1. The van der Waals surface area contributed by atoms with Gasteiger partial charge in [-0.2, -0.15) is 0 Å². The zero-order valence-corrected chi connectivity index (χ0v) is 15.0. The number of ether oxygens (including phenoxy) is 1. The third-order valence-electron chi connectivity index (χ3n) is 4.54. The third kappa shape index (κ3) is 3.57. The maximum absolute atomic E-state index is 13.0. The van der Waals surface area contributed by atoms with Gasteiger partial charge < -0.3 is 15.2 Å². The average Bonchev–Trinajstić information content (AvgIpc) is 2.74. The largest absolute Gasteiger partial charge is 0.492 e. The topological polar surface area (TPSA) is 88.5 Å². The minimum atomic E-state index is -1.01. The normalized spacial score (nSPS) is 13.5. The van der Waals surface area contributed by atoms with Crippen molar-refractivity contribution >= 4 is 34.2 Å². The molecule has 1 aliphatic heterocycles. The Morgan fingerprint density at radius 2 is 1.86 bits per heavy atom. The Morgan fingerprint density at radius 3 is 2.57 bits per heavy atom. The van der Waals surface area contributed by atoms with Crippen LogP contribution in [0.2, 0.25) is 0 Å². The average molecular weight is 374 g/mol. The van der Waals surface area contributed by atoms with Crippen molar-refractivity contribution in [2.75, 3.05) is 11.9 Å². The number of rotatable bonds is 4. The molecule has 6 heteroatoms. The van der Waals surface area contributed by atoms with Gasteiger partial charge in [-0.3, -0.25) is 4.79 Å². The van der Waals surface area contributed by atoms with Crippen molar-refractivity contribution in [1.82, 2.24) is 4.98 Å². The number of allylic oxidation sites excluding steroid dienone is 1. The van der Waals surface area contributed by atoms with Crippen LogP contribution < -0.4 is 5.32 Å². The van der Waals surface area contributed by atoms with Gasteiger partial charge in [0.05, 0.1) is 23.3 Å². The van der Waals surface area contributed by atoms with E-state index >= 15 is 0 Å². The summed E-state index contributed by atoms with van der Waals surface area (Å²) in [6, 6.07) is 15.2. The minimum absolute atomic E-state index is 0.163. The Kier molecular flexibility index (Phi) is 4.76. The molecule has 1 amide bonds. The van der Waals surface area contributed by atoms with Crippen molar-refractivity contribution in [2.45, 2.75) is 12.8 Å². The fraction of sp³-hybridized carbons (Fsp3) is 0.136. The number of fused-ring (bicyclic) bond motifs is 1. The second kappa shape index (κ2) is 7.52. The van der Waals surface area contributed by atoms with Crippen LogP contribution in [0.15, 0.2) is 60.7 Å². The summed E-state index contributed by atoms with van der Waals surface area (Å²) in [5.41, 5.74) is 2.51. The van der Waals surface area contributed by atoms with Gasteiger partial charge in [-0.25, -0.2) is 9.78 Å². The zero-order chi connectivity index (χ0) is 19.5. The van der Waals surface area contributed by atoms with E-state index in [2.05, 4.69) is 10.3 Å². The number of aromatic nitrogens is 1. The summed E-state index contributed by atoms with van der Waals surface area (Å²) in [5, 5.41) is 12.6. The van der Waals surface area contributed by atoms with E-state index in [0.29, 0.717) is 34.8 Å². The molecule has 3 aromatic rings. The first kappa shape index (κ1) is 17.7. The maximum atomic E-state index is 13.0. The zero-order valence-electron chi connectivity index (χ0n) is 15.0. The van der Waals surface area contributed by atoms with Gasteiger partial charge in [-0.15, -0.1) is 0 Å². The summed E-state index contributed by atoms with van der Waals surface area (Å²) >= 11 is 0. The maximum Gasteiger partial charge on any atom is 0.335 e. The highest BCUT2D eigenvalue weighted by Crippen LogP contribution is 2.26. The molecule has 0 unspecified atom stereocenters. The molecule has 0 atom stereocenters. The molecule has 0 saturated heterocycles.